The zero-order valence-corrected chi connectivity index (χ0v) is 22.7. The third-order valence-electron chi connectivity index (χ3n) is 9.95. The van der Waals surface area contributed by atoms with Crippen molar-refractivity contribution < 1.29 is 0 Å². The summed E-state index contributed by atoms with van der Waals surface area (Å²) in [5.41, 5.74) is 12.1. The van der Waals surface area contributed by atoms with Crippen molar-refractivity contribution in [3.8, 4) is 11.1 Å². The normalized spacial score (nSPS) is 19.4. The molecule has 1 heteroatoms. The minimum atomic E-state index is -0.0902. The third-order valence-corrected chi connectivity index (χ3v) is 9.95. The second-order valence-corrected chi connectivity index (χ2v) is 11.6. The van der Waals surface area contributed by atoms with Crippen LogP contribution >= 0.6 is 0 Å². The minimum absolute atomic E-state index is 0.0902. The number of hydrogen-bond acceptors (Lipinski definition) is 1. The standard InChI is InChI=1S/C36H37N/c1-5-22(6-2)26-15-27(23(7-3)8-4)19-36(18-26)31-14-13-25-20-37-21-28-16-30-29-12-10-9-11-24(29)17-32(36)34(30)35(31)33(25)28/h9-15,17-18,20-23H,5-8,16,19H2,1-4H3. The molecule has 0 saturated heterocycles. The highest BCUT2D eigenvalue weighted by atomic mass is 14.6. The van der Waals surface area contributed by atoms with Crippen molar-refractivity contribution in [2.24, 2.45) is 11.8 Å². The van der Waals surface area contributed by atoms with Crippen molar-refractivity contribution in [3.05, 3.63) is 100 Å². The van der Waals surface area contributed by atoms with Crippen molar-refractivity contribution in [2.75, 3.05) is 0 Å². The van der Waals surface area contributed by atoms with Gasteiger partial charge in [0.15, 0.2) is 0 Å². The molecule has 0 radical (unpaired) electrons. The number of hydrogen-bond donors (Lipinski definition) is 0. The molecule has 0 bridgehead atoms. The molecule has 186 valence electrons. The van der Waals surface area contributed by atoms with Gasteiger partial charge >= 0.3 is 0 Å². The molecule has 1 unspecified atom stereocenters. The number of nitrogens with zero attached hydrogens (tertiary/aromatic N) is 1. The Bertz CT molecular complexity index is 1630. The molecular weight excluding hydrogens is 446 g/mol. The van der Waals surface area contributed by atoms with Crippen LogP contribution in [0.3, 0.4) is 0 Å². The molecule has 1 spiro atoms. The molecule has 1 nitrogen and oxygen atoms in total. The molecule has 37 heavy (non-hydrogen) atoms. The highest BCUT2D eigenvalue weighted by Gasteiger charge is 2.47. The molecule has 0 fully saturated rings. The van der Waals surface area contributed by atoms with Crippen molar-refractivity contribution in [2.45, 2.75) is 71.6 Å². The smallest absolute Gasteiger partial charge is 0.0437 e. The summed E-state index contributed by atoms with van der Waals surface area (Å²) in [6.07, 6.45) is 16.4. The van der Waals surface area contributed by atoms with Gasteiger partial charge in [-0.1, -0.05) is 81.8 Å². The van der Waals surface area contributed by atoms with Gasteiger partial charge in [-0.25, -0.2) is 0 Å². The van der Waals surface area contributed by atoms with E-state index in [1.165, 1.54) is 75.0 Å². The summed E-state index contributed by atoms with van der Waals surface area (Å²) in [6, 6.07) is 16.4. The van der Waals surface area contributed by atoms with E-state index in [1.807, 2.05) is 0 Å². The second-order valence-electron chi connectivity index (χ2n) is 11.6. The summed E-state index contributed by atoms with van der Waals surface area (Å²) < 4.78 is 0. The Kier molecular flexibility index (Phi) is 5.22. The highest BCUT2D eigenvalue weighted by Crippen LogP contribution is 2.61. The van der Waals surface area contributed by atoms with Gasteiger partial charge in [0.2, 0.25) is 0 Å². The molecule has 7 rings (SSSR count). The van der Waals surface area contributed by atoms with Crippen LogP contribution in [0.5, 0.6) is 0 Å². The predicted octanol–water partition coefficient (Wildman–Crippen LogP) is 9.69. The van der Waals surface area contributed by atoms with E-state index in [-0.39, 0.29) is 5.41 Å². The number of pyridine rings is 1. The van der Waals surface area contributed by atoms with E-state index in [0.717, 1.165) is 12.8 Å². The molecule has 3 aliphatic carbocycles. The molecule has 3 aliphatic rings. The first-order chi connectivity index (χ1) is 18.1. The fourth-order valence-corrected chi connectivity index (χ4v) is 8.07. The molecule has 0 aliphatic heterocycles. The van der Waals surface area contributed by atoms with Crippen molar-refractivity contribution in [1.82, 2.24) is 4.98 Å². The Hall–Kier alpha value is -3.19. The van der Waals surface area contributed by atoms with E-state index in [0.29, 0.717) is 11.8 Å². The third kappa shape index (κ3) is 3.06. The lowest BCUT2D eigenvalue weighted by molar-refractivity contribution is 0.490. The van der Waals surface area contributed by atoms with Gasteiger partial charge in [-0.3, -0.25) is 4.98 Å². The van der Waals surface area contributed by atoms with Gasteiger partial charge in [0, 0.05) is 29.6 Å². The van der Waals surface area contributed by atoms with Crippen LogP contribution in [0.1, 0.15) is 82.1 Å². The largest absolute Gasteiger partial charge is 0.264 e. The quantitative estimate of drug-likeness (QED) is 0.234. The Morgan fingerprint density at radius 1 is 0.811 bits per heavy atom. The van der Waals surface area contributed by atoms with Gasteiger partial charge in [0.25, 0.3) is 0 Å². The van der Waals surface area contributed by atoms with E-state index < -0.39 is 0 Å². The van der Waals surface area contributed by atoms with Gasteiger partial charge in [-0.05, 0) is 105 Å². The Balaban J connectivity index is 1.62. The highest BCUT2D eigenvalue weighted by molar-refractivity contribution is 6.10. The second kappa shape index (κ2) is 8.42. The van der Waals surface area contributed by atoms with Crippen molar-refractivity contribution in [1.29, 1.82) is 0 Å². The van der Waals surface area contributed by atoms with Crippen LogP contribution in [0.15, 0.2) is 78.2 Å². The molecule has 1 heterocycles. The van der Waals surface area contributed by atoms with E-state index in [4.69, 9.17) is 0 Å². The average molecular weight is 484 g/mol. The lowest BCUT2D eigenvalue weighted by Crippen LogP contribution is -2.29. The zero-order valence-electron chi connectivity index (χ0n) is 22.7. The van der Waals surface area contributed by atoms with E-state index in [1.54, 1.807) is 16.7 Å². The van der Waals surface area contributed by atoms with Crippen LogP contribution in [0.2, 0.25) is 0 Å². The first kappa shape index (κ1) is 23.0. The SMILES string of the molecule is CCC(CC)C1=CC2(CC(C(CC)CC)=C1)c1cc3ccccc3c3c1-c1c2ccc2cncc(c12)C3. The summed E-state index contributed by atoms with van der Waals surface area (Å²) in [7, 11) is 0. The summed E-state index contributed by atoms with van der Waals surface area (Å²) in [6.45, 7) is 9.48. The zero-order chi connectivity index (χ0) is 25.3. The fourth-order valence-electron chi connectivity index (χ4n) is 8.07. The molecule has 1 atom stereocenters. The van der Waals surface area contributed by atoms with Crippen LogP contribution in [0.25, 0.3) is 32.7 Å². The Labute approximate surface area is 221 Å². The Morgan fingerprint density at radius 3 is 2.38 bits per heavy atom. The van der Waals surface area contributed by atoms with Gasteiger partial charge in [0.1, 0.15) is 0 Å². The van der Waals surface area contributed by atoms with Gasteiger partial charge in [0.05, 0.1) is 0 Å². The van der Waals surface area contributed by atoms with E-state index >= 15 is 0 Å². The fraction of sp³-hybridized carbons (Fsp3) is 0.361. The van der Waals surface area contributed by atoms with Gasteiger partial charge in [-0.2, -0.15) is 0 Å². The molecular formula is C36H37N. The summed E-state index contributed by atoms with van der Waals surface area (Å²) in [5, 5.41) is 5.52. The lowest BCUT2D eigenvalue weighted by atomic mass is 9.65. The number of allylic oxidation sites excluding steroid dienone is 4. The monoisotopic (exact) mass is 483 g/mol. The number of rotatable bonds is 6. The topological polar surface area (TPSA) is 12.9 Å². The number of aromatic nitrogens is 1. The van der Waals surface area contributed by atoms with Crippen LogP contribution in [-0.4, -0.2) is 4.98 Å². The van der Waals surface area contributed by atoms with Crippen LogP contribution < -0.4 is 0 Å². The summed E-state index contributed by atoms with van der Waals surface area (Å²) in [5.74, 6) is 1.26. The van der Waals surface area contributed by atoms with Crippen LogP contribution in [0.4, 0.5) is 0 Å². The Morgan fingerprint density at radius 2 is 1.59 bits per heavy atom. The van der Waals surface area contributed by atoms with E-state index in [9.17, 15) is 0 Å². The van der Waals surface area contributed by atoms with Crippen molar-refractivity contribution >= 4 is 21.5 Å². The summed E-state index contributed by atoms with van der Waals surface area (Å²) in [4.78, 5) is 4.66. The molecule has 3 aromatic carbocycles. The van der Waals surface area contributed by atoms with Crippen molar-refractivity contribution in [3.63, 3.8) is 0 Å². The molecule has 1 aromatic heterocycles. The van der Waals surface area contributed by atoms with E-state index in [2.05, 4.69) is 99.7 Å². The maximum absolute atomic E-state index is 4.66. The molecule has 0 N–H and O–H groups in total. The molecule has 4 aromatic rings. The van der Waals surface area contributed by atoms with Gasteiger partial charge < -0.3 is 0 Å². The van der Waals surface area contributed by atoms with Gasteiger partial charge in [-0.15, -0.1) is 0 Å². The molecule has 0 saturated carbocycles. The van der Waals surface area contributed by atoms with Crippen LogP contribution in [-0.2, 0) is 11.8 Å². The average Bonchev–Trinajstić information content (AvgIpc) is 3.19. The van der Waals surface area contributed by atoms with Crippen LogP contribution in [0, 0.1) is 11.8 Å². The number of fused-ring (bicyclic) bond motifs is 4. The lowest BCUT2D eigenvalue weighted by Gasteiger charge is -2.38. The number of benzene rings is 3. The maximum atomic E-state index is 4.66. The maximum Gasteiger partial charge on any atom is 0.0437 e. The summed E-state index contributed by atoms with van der Waals surface area (Å²) >= 11 is 0. The first-order valence-corrected chi connectivity index (χ1v) is 14.5. The first-order valence-electron chi connectivity index (χ1n) is 14.5. The molecule has 0 amide bonds. The predicted molar refractivity (Wildman–Crippen MR) is 157 cm³/mol. The minimum Gasteiger partial charge on any atom is -0.264 e.